The first-order valence-corrected chi connectivity index (χ1v) is 19.5. The Morgan fingerprint density at radius 3 is 2.55 bits per heavy atom. The van der Waals surface area contributed by atoms with Crippen LogP contribution in [0.3, 0.4) is 0 Å². The van der Waals surface area contributed by atoms with Crippen molar-refractivity contribution in [3.63, 3.8) is 0 Å². The zero-order chi connectivity index (χ0) is 37.2. The highest BCUT2D eigenvalue weighted by Crippen LogP contribution is 2.38. The molecule has 2 aliphatic heterocycles. The number of rotatable bonds is 16. The van der Waals surface area contributed by atoms with Gasteiger partial charge in [0.05, 0.1) is 16.3 Å². The van der Waals surface area contributed by atoms with Crippen LogP contribution in [0, 0.1) is 18.3 Å². The molecule has 6 rings (SSSR count). The summed E-state index contributed by atoms with van der Waals surface area (Å²) in [6, 6.07) is 19.7. The minimum Gasteiger partial charge on any atom is -0.488 e. The van der Waals surface area contributed by atoms with Crippen molar-refractivity contribution in [2.75, 3.05) is 71.8 Å². The fourth-order valence-electron chi connectivity index (χ4n) is 6.56. The zero-order valence-electron chi connectivity index (χ0n) is 30.3. The van der Waals surface area contributed by atoms with Gasteiger partial charge in [-0.2, -0.15) is 5.26 Å². The molecule has 1 saturated heterocycles. The fourth-order valence-corrected chi connectivity index (χ4v) is 7.21. The van der Waals surface area contributed by atoms with Crippen LogP contribution in [0.25, 0.3) is 11.1 Å². The molecule has 11 nitrogen and oxygen atoms in total. The highest BCUT2D eigenvalue weighted by molar-refractivity contribution is 7.79. The van der Waals surface area contributed by atoms with Gasteiger partial charge in [0.1, 0.15) is 44.0 Å². The standard InChI is InChI=1S/C40H46ClN5O6S/c1-29-33(5-3-6-35(29)32-7-8-37-40(21-32)50-17-16-49-37)28-52-39-22-38(51-27-31-19-30(23-42)24-43-25-31)34(20-36(39)41)26-46(15-18-53(47)48)10-4-9-45-13-11-44(2)12-14-45/h3,5-8,19-22,24-25H,4,9-18,26-28H2,1-2H3,(H,47,48). The molecule has 0 radical (unpaired) electrons. The average Bonchev–Trinajstić information content (AvgIpc) is 3.17. The first-order valence-electron chi connectivity index (χ1n) is 17.9. The van der Waals surface area contributed by atoms with Gasteiger partial charge in [0, 0.05) is 68.9 Å². The third kappa shape index (κ3) is 10.7. The molecule has 1 aromatic heterocycles. The van der Waals surface area contributed by atoms with Gasteiger partial charge >= 0.3 is 0 Å². The summed E-state index contributed by atoms with van der Waals surface area (Å²) < 4.78 is 45.7. The molecule has 280 valence electrons. The predicted molar refractivity (Wildman–Crippen MR) is 206 cm³/mol. The Labute approximate surface area is 319 Å². The van der Waals surface area contributed by atoms with E-state index in [0.717, 1.165) is 90.6 Å². The second-order valence-corrected chi connectivity index (χ2v) is 14.9. The number of pyridine rings is 1. The van der Waals surface area contributed by atoms with Crippen LogP contribution < -0.4 is 18.9 Å². The molecule has 1 atom stereocenters. The number of benzene rings is 3. The molecule has 2 aliphatic rings. The summed E-state index contributed by atoms with van der Waals surface area (Å²) in [5.41, 5.74) is 6.20. The minimum atomic E-state index is -1.92. The number of aromatic nitrogens is 1. The second-order valence-electron chi connectivity index (χ2n) is 13.4. The van der Waals surface area contributed by atoms with Gasteiger partial charge in [-0.3, -0.25) is 9.88 Å². The highest BCUT2D eigenvalue weighted by atomic mass is 35.5. The SMILES string of the molecule is Cc1c(COc2cc(OCc3cncc(C#N)c3)c(CN(CCCN3CCN(C)CC3)CCS(=O)O)cc2Cl)cccc1-c1ccc2c(c1)OCCO2. The highest BCUT2D eigenvalue weighted by Gasteiger charge is 2.19. The first kappa shape index (κ1) is 38.5. The lowest BCUT2D eigenvalue weighted by Gasteiger charge is -2.33. The molecule has 0 bridgehead atoms. The van der Waals surface area contributed by atoms with E-state index in [2.05, 4.69) is 45.8 Å². The molecule has 53 heavy (non-hydrogen) atoms. The Bertz CT molecular complexity index is 1930. The maximum atomic E-state index is 11.7. The summed E-state index contributed by atoms with van der Waals surface area (Å²) >= 11 is 5.00. The number of piperazine rings is 1. The Balaban J connectivity index is 1.21. The van der Waals surface area contributed by atoms with Crippen LogP contribution >= 0.6 is 11.6 Å². The van der Waals surface area contributed by atoms with Crippen LogP contribution in [-0.2, 0) is 30.8 Å². The average molecular weight is 760 g/mol. The smallest absolute Gasteiger partial charge is 0.161 e. The van der Waals surface area contributed by atoms with Gasteiger partial charge in [-0.25, -0.2) is 4.21 Å². The van der Waals surface area contributed by atoms with E-state index in [4.69, 9.17) is 30.5 Å². The quantitative estimate of drug-likeness (QED) is 0.132. The predicted octanol–water partition coefficient (Wildman–Crippen LogP) is 6.17. The van der Waals surface area contributed by atoms with Gasteiger partial charge in [0.15, 0.2) is 22.6 Å². The summed E-state index contributed by atoms with van der Waals surface area (Å²) in [6.07, 6.45) is 4.11. The van der Waals surface area contributed by atoms with Crippen molar-refractivity contribution in [3.05, 3.63) is 99.8 Å². The maximum absolute atomic E-state index is 11.7. The van der Waals surface area contributed by atoms with E-state index in [1.54, 1.807) is 12.3 Å². The Kier molecular flexibility index (Phi) is 13.6. The summed E-state index contributed by atoms with van der Waals surface area (Å²) in [4.78, 5) is 11.2. The number of ether oxygens (including phenoxy) is 4. The number of halogens is 1. The number of nitrogens with zero attached hydrogens (tertiary/aromatic N) is 5. The van der Waals surface area contributed by atoms with Crippen LogP contribution in [0.15, 0.2) is 67.0 Å². The summed E-state index contributed by atoms with van der Waals surface area (Å²) in [6.45, 7) is 10.4. The third-order valence-electron chi connectivity index (χ3n) is 9.64. The van der Waals surface area contributed by atoms with Crippen LogP contribution in [0.2, 0.25) is 5.02 Å². The zero-order valence-corrected chi connectivity index (χ0v) is 31.8. The molecule has 0 amide bonds. The Hall–Kier alpha value is -4.22. The van der Waals surface area contributed by atoms with E-state index in [1.165, 1.54) is 6.20 Å². The molecular weight excluding hydrogens is 714 g/mol. The molecule has 3 aromatic carbocycles. The summed E-state index contributed by atoms with van der Waals surface area (Å²) in [5, 5.41) is 9.83. The molecule has 0 saturated carbocycles. The Morgan fingerprint density at radius 2 is 1.75 bits per heavy atom. The van der Waals surface area contributed by atoms with Crippen LogP contribution in [-0.4, -0.2) is 100 Å². The largest absolute Gasteiger partial charge is 0.488 e. The first-order chi connectivity index (χ1) is 25.7. The number of hydrogen-bond donors (Lipinski definition) is 1. The lowest BCUT2D eigenvalue weighted by atomic mass is 9.96. The van der Waals surface area contributed by atoms with Crippen molar-refractivity contribution >= 4 is 22.7 Å². The van der Waals surface area contributed by atoms with E-state index < -0.39 is 11.1 Å². The topological polar surface area (TPSA) is 121 Å². The van der Waals surface area contributed by atoms with Crippen molar-refractivity contribution in [1.82, 2.24) is 19.7 Å². The number of hydrogen-bond acceptors (Lipinski definition) is 10. The van der Waals surface area contributed by atoms with Gasteiger partial charge in [-0.15, -0.1) is 0 Å². The Morgan fingerprint density at radius 1 is 0.962 bits per heavy atom. The van der Waals surface area contributed by atoms with E-state index in [1.807, 2.05) is 42.5 Å². The molecule has 0 aliphatic carbocycles. The van der Waals surface area contributed by atoms with Crippen molar-refractivity contribution in [3.8, 4) is 40.2 Å². The number of nitriles is 1. The third-order valence-corrected chi connectivity index (χ3v) is 10.5. The molecule has 1 fully saturated rings. The molecule has 4 aromatic rings. The van der Waals surface area contributed by atoms with Crippen molar-refractivity contribution in [2.45, 2.75) is 33.1 Å². The second kappa shape index (κ2) is 18.7. The van der Waals surface area contributed by atoms with Crippen molar-refractivity contribution < 1.29 is 27.7 Å². The van der Waals surface area contributed by atoms with Crippen LogP contribution in [0.1, 0.15) is 34.2 Å². The molecular formula is C40H46ClN5O6S. The molecule has 1 unspecified atom stereocenters. The monoisotopic (exact) mass is 759 g/mol. The summed E-state index contributed by atoms with van der Waals surface area (Å²) in [5.74, 6) is 2.66. The van der Waals surface area contributed by atoms with Gasteiger partial charge in [0.2, 0.25) is 0 Å². The lowest BCUT2D eigenvalue weighted by Crippen LogP contribution is -2.45. The minimum absolute atomic E-state index is 0.136. The van der Waals surface area contributed by atoms with E-state index in [-0.39, 0.29) is 19.0 Å². The molecule has 3 heterocycles. The van der Waals surface area contributed by atoms with Crippen LogP contribution in [0.4, 0.5) is 0 Å². The maximum Gasteiger partial charge on any atom is 0.161 e. The van der Waals surface area contributed by atoms with Gasteiger partial charge in [-0.05, 0) is 80.0 Å². The van der Waals surface area contributed by atoms with E-state index >= 15 is 0 Å². The van der Waals surface area contributed by atoms with Crippen molar-refractivity contribution in [2.24, 2.45) is 0 Å². The van der Waals surface area contributed by atoms with Crippen molar-refractivity contribution in [1.29, 1.82) is 5.26 Å². The van der Waals surface area contributed by atoms with Gasteiger partial charge in [-0.1, -0.05) is 35.9 Å². The van der Waals surface area contributed by atoms with Gasteiger partial charge in [0.25, 0.3) is 0 Å². The fraction of sp³-hybridized carbons (Fsp3) is 0.400. The normalized spacial score (nSPS) is 15.2. The molecule has 0 spiro atoms. The molecule has 13 heteroatoms. The number of fused-ring (bicyclic) bond motifs is 1. The van der Waals surface area contributed by atoms with E-state index in [9.17, 15) is 14.0 Å². The van der Waals surface area contributed by atoms with E-state index in [0.29, 0.717) is 48.4 Å². The molecule has 1 N–H and O–H groups in total. The summed E-state index contributed by atoms with van der Waals surface area (Å²) in [7, 11) is 2.15. The van der Waals surface area contributed by atoms with Gasteiger partial charge < -0.3 is 33.3 Å². The lowest BCUT2D eigenvalue weighted by molar-refractivity contribution is 0.145. The number of likely N-dealkylation sites (N-methyl/N-ethyl adjacent to an activating group) is 1. The van der Waals surface area contributed by atoms with Crippen LogP contribution in [0.5, 0.6) is 23.0 Å².